The van der Waals surface area contributed by atoms with E-state index in [1.165, 1.54) is 0 Å². The average molecular weight is 141 g/mol. The van der Waals surface area contributed by atoms with Crippen LogP contribution in [0, 0.1) is 0 Å². The van der Waals surface area contributed by atoms with Gasteiger partial charge in [-0.25, -0.2) is 0 Å². The van der Waals surface area contributed by atoms with Gasteiger partial charge in [-0.2, -0.15) is 5.10 Å². The highest BCUT2D eigenvalue weighted by atomic mass is 15.2. The molecule has 0 atom stereocenters. The van der Waals surface area contributed by atoms with Gasteiger partial charge < -0.3 is 10.7 Å². The minimum absolute atomic E-state index is 0.00458. The zero-order valence-electron chi connectivity index (χ0n) is 6.83. The lowest BCUT2D eigenvalue weighted by molar-refractivity contribution is 0.320. The topological polar surface area (TPSA) is 41.6 Å². The van der Waals surface area contributed by atoms with E-state index in [1.807, 2.05) is 4.90 Å². The zero-order valence-corrected chi connectivity index (χ0v) is 6.83. The average Bonchev–Trinajstić information content (AvgIpc) is 1.80. The second-order valence-electron chi connectivity index (χ2n) is 3.03. The molecular formula is C7H15N3. The lowest BCUT2D eigenvalue weighted by Gasteiger charge is -2.29. The number of nitrogens with zero attached hydrogens (tertiary/aromatic N) is 2. The summed E-state index contributed by atoms with van der Waals surface area (Å²) in [5.74, 6) is 4.98. The molecule has 0 bridgehead atoms. The fourth-order valence-corrected chi connectivity index (χ4v) is 0.566. The Morgan fingerprint density at radius 3 is 2.10 bits per heavy atom. The molecule has 0 aliphatic carbocycles. The third-order valence-corrected chi connectivity index (χ3v) is 1.16. The second kappa shape index (κ2) is 3.25. The molecule has 0 amide bonds. The highest BCUT2D eigenvalue weighted by molar-refractivity contribution is 5.57. The molecule has 0 saturated carbocycles. The molecule has 0 unspecified atom stereocenters. The number of hydrogen-bond donors (Lipinski definition) is 1. The van der Waals surface area contributed by atoms with E-state index in [1.54, 1.807) is 12.5 Å². The van der Waals surface area contributed by atoms with Crippen molar-refractivity contribution in [2.24, 2.45) is 10.9 Å². The molecule has 0 spiro atoms. The van der Waals surface area contributed by atoms with Crippen LogP contribution in [0.15, 0.2) is 17.9 Å². The number of nitrogens with two attached hydrogens (primary N) is 1. The largest absolute Gasteiger partial charge is 0.333 e. The molecule has 3 heteroatoms. The summed E-state index contributed by atoms with van der Waals surface area (Å²) in [7, 11) is 0. The van der Waals surface area contributed by atoms with Gasteiger partial charge in [0.25, 0.3) is 0 Å². The van der Waals surface area contributed by atoms with Gasteiger partial charge in [0.05, 0.1) is 0 Å². The van der Waals surface area contributed by atoms with Crippen LogP contribution in [0.25, 0.3) is 0 Å². The molecule has 3 nitrogen and oxygen atoms in total. The van der Waals surface area contributed by atoms with E-state index < -0.39 is 0 Å². The van der Waals surface area contributed by atoms with Crippen LogP contribution < -0.4 is 5.84 Å². The maximum Gasteiger partial charge on any atom is 0.115 e. The molecule has 10 heavy (non-hydrogen) atoms. The Hall–Kier alpha value is -0.990. The first-order chi connectivity index (χ1) is 4.52. The standard InChI is InChI=1S/C7H15N3/c1-5-10(6-9-8)7(2,3)4/h5-6H,1,8H2,2-4H3/b9-6-. The van der Waals surface area contributed by atoms with Crippen molar-refractivity contribution >= 4 is 6.34 Å². The second-order valence-corrected chi connectivity index (χ2v) is 3.03. The lowest BCUT2D eigenvalue weighted by Crippen LogP contribution is -2.36. The minimum atomic E-state index is 0.00458. The van der Waals surface area contributed by atoms with Crippen molar-refractivity contribution in [2.75, 3.05) is 0 Å². The third kappa shape index (κ3) is 2.53. The van der Waals surface area contributed by atoms with Crippen molar-refractivity contribution in [3.63, 3.8) is 0 Å². The Morgan fingerprint density at radius 2 is 2.00 bits per heavy atom. The van der Waals surface area contributed by atoms with E-state index in [4.69, 9.17) is 5.84 Å². The monoisotopic (exact) mass is 141 g/mol. The fraction of sp³-hybridized carbons (Fsp3) is 0.571. The van der Waals surface area contributed by atoms with E-state index in [0.717, 1.165) is 0 Å². The van der Waals surface area contributed by atoms with Gasteiger partial charge in [-0.3, -0.25) is 0 Å². The molecule has 2 N–H and O–H groups in total. The van der Waals surface area contributed by atoms with Gasteiger partial charge in [0.2, 0.25) is 0 Å². The predicted molar refractivity (Wildman–Crippen MR) is 44.5 cm³/mol. The number of hydrogen-bond acceptors (Lipinski definition) is 2. The van der Waals surface area contributed by atoms with Crippen molar-refractivity contribution in [1.82, 2.24) is 4.90 Å². The van der Waals surface area contributed by atoms with Crippen LogP contribution in [0.2, 0.25) is 0 Å². The summed E-state index contributed by atoms with van der Waals surface area (Å²) < 4.78 is 0. The van der Waals surface area contributed by atoms with Gasteiger partial charge in [-0.05, 0) is 27.0 Å². The summed E-state index contributed by atoms with van der Waals surface area (Å²) >= 11 is 0. The van der Waals surface area contributed by atoms with Gasteiger partial charge in [-0.1, -0.05) is 6.58 Å². The minimum Gasteiger partial charge on any atom is -0.333 e. The maximum atomic E-state index is 4.98. The SMILES string of the molecule is C=CN(/C=N\N)C(C)(C)C. The van der Waals surface area contributed by atoms with E-state index in [0.29, 0.717) is 0 Å². The zero-order chi connectivity index (χ0) is 8.20. The van der Waals surface area contributed by atoms with E-state index >= 15 is 0 Å². The molecule has 0 aliphatic rings. The molecule has 0 fully saturated rings. The van der Waals surface area contributed by atoms with E-state index in [9.17, 15) is 0 Å². The van der Waals surface area contributed by atoms with Crippen LogP contribution in [-0.4, -0.2) is 16.8 Å². The molecule has 0 radical (unpaired) electrons. The summed E-state index contributed by atoms with van der Waals surface area (Å²) in [5.41, 5.74) is 0.00458. The van der Waals surface area contributed by atoms with Gasteiger partial charge >= 0.3 is 0 Å². The molecule has 0 aliphatic heterocycles. The first-order valence-corrected chi connectivity index (χ1v) is 3.16. The third-order valence-electron chi connectivity index (χ3n) is 1.16. The Kier molecular flexibility index (Phi) is 2.93. The van der Waals surface area contributed by atoms with Crippen LogP contribution in [0.4, 0.5) is 0 Å². The van der Waals surface area contributed by atoms with Gasteiger partial charge in [0.1, 0.15) is 6.34 Å². The molecule has 0 aromatic carbocycles. The molecule has 0 heterocycles. The summed E-state index contributed by atoms with van der Waals surface area (Å²) in [5, 5.41) is 3.40. The molecule has 0 saturated heterocycles. The van der Waals surface area contributed by atoms with Crippen molar-refractivity contribution < 1.29 is 0 Å². The van der Waals surface area contributed by atoms with Crippen LogP contribution in [0.1, 0.15) is 20.8 Å². The van der Waals surface area contributed by atoms with E-state index in [2.05, 4.69) is 32.5 Å². The van der Waals surface area contributed by atoms with Crippen molar-refractivity contribution in [3.05, 3.63) is 12.8 Å². The summed E-state index contributed by atoms with van der Waals surface area (Å²) in [6.07, 6.45) is 3.24. The Labute approximate surface area is 62.2 Å². The van der Waals surface area contributed by atoms with Gasteiger partial charge in [0, 0.05) is 5.54 Å². The lowest BCUT2D eigenvalue weighted by atomic mass is 10.1. The Balaban J connectivity index is 4.21. The summed E-state index contributed by atoms with van der Waals surface area (Å²) in [6.45, 7) is 9.78. The first-order valence-electron chi connectivity index (χ1n) is 3.16. The molecule has 0 aromatic heterocycles. The maximum absolute atomic E-state index is 4.98. The predicted octanol–water partition coefficient (Wildman–Crippen LogP) is 1.13. The molecule has 0 aromatic rings. The van der Waals surface area contributed by atoms with Gasteiger partial charge in [0.15, 0.2) is 0 Å². The normalized spacial score (nSPS) is 11.9. The van der Waals surface area contributed by atoms with Gasteiger partial charge in [-0.15, -0.1) is 0 Å². The Bertz CT molecular complexity index is 132. The van der Waals surface area contributed by atoms with Crippen molar-refractivity contribution in [3.8, 4) is 0 Å². The molecule has 0 rings (SSSR count). The first kappa shape index (κ1) is 9.01. The van der Waals surface area contributed by atoms with Crippen molar-refractivity contribution in [1.29, 1.82) is 0 Å². The van der Waals surface area contributed by atoms with E-state index in [-0.39, 0.29) is 5.54 Å². The quantitative estimate of drug-likeness (QED) is 0.271. The molecule has 58 valence electrons. The van der Waals surface area contributed by atoms with Crippen molar-refractivity contribution in [2.45, 2.75) is 26.3 Å². The number of hydrazone groups is 1. The van der Waals surface area contributed by atoms with Crippen LogP contribution in [0.5, 0.6) is 0 Å². The summed E-state index contributed by atoms with van der Waals surface area (Å²) in [4.78, 5) is 1.84. The van der Waals surface area contributed by atoms with Crippen LogP contribution in [0.3, 0.4) is 0 Å². The smallest absolute Gasteiger partial charge is 0.115 e. The highest BCUT2D eigenvalue weighted by Gasteiger charge is 2.14. The molecular weight excluding hydrogens is 126 g/mol. The van der Waals surface area contributed by atoms with Crippen LogP contribution in [-0.2, 0) is 0 Å². The fourth-order valence-electron chi connectivity index (χ4n) is 0.566. The van der Waals surface area contributed by atoms with Crippen LogP contribution >= 0.6 is 0 Å². The highest BCUT2D eigenvalue weighted by Crippen LogP contribution is 2.09. The summed E-state index contributed by atoms with van der Waals surface area (Å²) in [6, 6.07) is 0. The number of rotatable bonds is 2. The Morgan fingerprint density at radius 1 is 1.50 bits per heavy atom.